The van der Waals surface area contributed by atoms with Crippen molar-refractivity contribution in [2.24, 2.45) is 0 Å². The fourth-order valence-electron chi connectivity index (χ4n) is 2.63. The Morgan fingerprint density at radius 3 is 2.07 bits per heavy atom. The lowest BCUT2D eigenvalue weighted by atomic mass is 10.3. The molecule has 0 fully saturated rings. The Morgan fingerprint density at radius 2 is 1.47 bits per heavy atom. The highest BCUT2D eigenvalue weighted by atomic mass is 35.5. The van der Waals surface area contributed by atoms with Gasteiger partial charge in [-0.3, -0.25) is 9.10 Å². The summed E-state index contributed by atoms with van der Waals surface area (Å²) in [5.74, 6) is -0.598. The van der Waals surface area contributed by atoms with Gasteiger partial charge in [0.2, 0.25) is 5.91 Å². The molecule has 0 aromatic heterocycles. The SMILES string of the molecule is O=C(CN(c1ccc(Cl)c(Cl)c1)S(=O)(=O)c1ccccc1)Nc1cc(Cl)cc(Cl)c1. The number of nitrogens with one attached hydrogen (secondary N) is 1. The van der Waals surface area contributed by atoms with Crippen LogP contribution in [0.2, 0.25) is 20.1 Å². The maximum atomic E-state index is 13.3. The van der Waals surface area contributed by atoms with Crippen molar-refractivity contribution in [3.8, 4) is 0 Å². The molecule has 1 amide bonds. The number of amides is 1. The van der Waals surface area contributed by atoms with Crippen LogP contribution in [0, 0.1) is 0 Å². The van der Waals surface area contributed by atoms with E-state index < -0.39 is 22.5 Å². The molecule has 0 saturated heterocycles. The van der Waals surface area contributed by atoms with Gasteiger partial charge < -0.3 is 5.32 Å². The van der Waals surface area contributed by atoms with Crippen molar-refractivity contribution < 1.29 is 13.2 Å². The minimum absolute atomic E-state index is 0.0228. The van der Waals surface area contributed by atoms with Crippen LogP contribution in [0.4, 0.5) is 11.4 Å². The summed E-state index contributed by atoms with van der Waals surface area (Å²) in [5, 5.41) is 3.68. The lowest BCUT2D eigenvalue weighted by Gasteiger charge is -2.24. The molecule has 0 heterocycles. The molecule has 0 aliphatic heterocycles. The Hall–Kier alpha value is -1.96. The molecule has 3 aromatic rings. The summed E-state index contributed by atoms with van der Waals surface area (Å²) in [7, 11) is -4.07. The standard InChI is InChI=1S/C20H14Cl4N2O3S/c21-13-8-14(22)10-15(9-13)25-20(27)12-26(16-6-7-18(23)19(24)11-16)30(28,29)17-4-2-1-3-5-17/h1-11H,12H2,(H,25,27). The maximum absolute atomic E-state index is 13.3. The molecule has 0 unspecified atom stereocenters. The largest absolute Gasteiger partial charge is 0.324 e. The minimum atomic E-state index is -4.07. The number of anilines is 2. The number of carbonyl (C=O) groups is 1. The molecule has 5 nitrogen and oxygen atoms in total. The van der Waals surface area contributed by atoms with Gasteiger partial charge in [-0.2, -0.15) is 0 Å². The lowest BCUT2D eigenvalue weighted by molar-refractivity contribution is -0.114. The van der Waals surface area contributed by atoms with E-state index in [9.17, 15) is 13.2 Å². The first-order valence-corrected chi connectivity index (χ1v) is 11.4. The summed E-state index contributed by atoms with van der Waals surface area (Å²) in [4.78, 5) is 12.7. The third-order valence-electron chi connectivity index (χ3n) is 3.96. The van der Waals surface area contributed by atoms with Gasteiger partial charge in [-0.05, 0) is 48.5 Å². The predicted octanol–water partition coefficient (Wildman–Crippen LogP) is 6.13. The highest BCUT2D eigenvalue weighted by Gasteiger charge is 2.27. The van der Waals surface area contributed by atoms with E-state index in [-0.39, 0.29) is 20.6 Å². The van der Waals surface area contributed by atoms with Crippen molar-refractivity contribution in [1.82, 2.24) is 0 Å². The zero-order valence-corrected chi connectivity index (χ0v) is 19.0. The summed E-state index contributed by atoms with van der Waals surface area (Å²) in [6.07, 6.45) is 0. The molecule has 0 spiro atoms. The van der Waals surface area contributed by atoms with E-state index >= 15 is 0 Å². The summed E-state index contributed by atoms with van der Waals surface area (Å²) in [6.45, 7) is -0.515. The van der Waals surface area contributed by atoms with Crippen molar-refractivity contribution in [3.63, 3.8) is 0 Å². The van der Waals surface area contributed by atoms with Crippen molar-refractivity contribution in [1.29, 1.82) is 0 Å². The van der Waals surface area contributed by atoms with E-state index in [1.54, 1.807) is 18.2 Å². The van der Waals surface area contributed by atoms with E-state index in [0.29, 0.717) is 15.7 Å². The molecule has 10 heteroatoms. The number of nitrogens with zero attached hydrogens (tertiary/aromatic N) is 1. The molecular formula is C20H14Cl4N2O3S. The third-order valence-corrected chi connectivity index (χ3v) is 6.92. The molecule has 3 aromatic carbocycles. The number of hydrogen-bond donors (Lipinski definition) is 1. The Balaban J connectivity index is 1.97. The smallest absolute Gasteiger partial charge is 0.264 e. The molecule has 3 rings (SSSR count). The maximum Gasteiger partial charge on any atom is 0.264 e. The second-order valence-corrected chi connectivity index (χ2v) is 9.68. The molecule has 30 heavy (non-hydrogen) atoms. The van der Waals surface area contributed by atoms with Crippen LogP contribution in [-0.2, 0) is 14.8 Å². The number of rotatable bonds is 6. The molecule has 0 aliphatic rings. The second-order valence-electron chi connectivity index (χ2n) is 6.13. The van der Waals surface area contributed by atoms with Gasteiger partial charge in [-0.1, -0.05) is 64.6 Å². The topological polar surface area (TPSA) is 66.5 Å². The van der Waals surface area contributed by atoms with Crippen LogP contribution >= 0.6 is 46.4 Å². The normalized spacial score (nSPS) is 11.2. The third kappa shape index (κ3) is 5.39. The summed E-state index contributed by atoms with van der Waals surface area (Å²) in [6, 6.07) is 16.6. The zero-order chi connectivity index (χ0) is 21.9. The van der Waals surface area contributed by atoms with Crippen molar-refractivity contribution in [2.75, 3.05) is 16.2 Å². The Bertz CT molecular complexity index is 1170. The van der Waals surface area contributed by atoms with E-state index in [4.69, 9.17) is 46.4 Å². The minimum Gasteiger partial charge on any atom is -0.324 e. The molecule has 0 saturated carbocycles. The van der Waals surface area contributed by atoms with Gasteiger partial charge in [0.1, 0.15) is 6.54 Å². The number of sulfonamides is 1. The van der Waals surface area contributed by atoms with Crippen molar-refractivity contribution in [2.45, 2.75) is 4.90 Å². The molecule has 156 valence electrons. The average molecular weight is 504 g/mol. The summed E-state index contributed by atoms with van der Waals surface area (Å²) >= 11 is 23.9. The molecule has 1 N–H and O–H groups in total. The first-order valence-electron chi connectivity index (χ1n) is 8.45. The van der Waals surface area contributed by atoms with Gasteiger partial charge >= 0.3 is 0 Å². The van der Waals surface area contributed by atoms with E-state index in [1.165, 1.54) is 48.5 Å². The Labute approximate surface area is 194 Å². The first kappa shape index (κ1) is 22.7. The lowest BCUT2D eigenvalue weighted by Crippen LogP contribution is -2.38. The van der Waals surface area contributed by atoms with E-state index in [2.05, 4.69) is 5.32 Å². The van der Waals surface area contributed by atoms with E-state index in [0.717, 1.165) is 4.31 Å². The van der Waals surface area contributed by atoms with Gasteiger partial charge in [0.05, 0.1) is 20.6 Å². The molecule has 0 aliphatic carbocycles. The molecule has 0 radical (unpaired) electrons. The van der Waals surface area contributed by atoms with Crippen LogP contribution in [0.3, 0.4) is 0 Å². The van der Waals surface area contributed by atoms with Crippen LogP contribution in [-0.4, -0.2) is 20.9 Å². The number of carbonyl (C=O) groups excluding carboxylic acids is 1. The molecular weight excluding hydrogens is 490 g/mol. The predicted molar refractivity (Wildman–Crippen MR) is 123 cm³/mol. The van der Waals surface area contributed by atoms with Gasteiger partial charge in [0.25, 0.3) is 10.0 Å². The number of hydrogen-bond acceptors (Lipinski definition) is 3. The first-order chi connectivity index (χ1) is 14.2. The second kappa shape index (κ2) is 9.45. The van der Waals surface area contributed by atoms with Crippen molar-refractivity contribution in [3.05, 3.63) is 86.8 Å². The summed E-state index contributed by atoms with van der Waals surface area (Å²) in [5.41, 5.74) is 0.524. The quantitative estimate of drug-likeness (QED) is 0.439. The Kier molecular flexibility index (Phi) is 7.16. The molecule has 0 bridgehead atoms. The van der Waals surface area contributed by atoms with Crippen LogP contribution in [0.25, 0.3) is 0 Å². The van der Waals surface area contributed by atoms with Gasteiger partial charge in [-0.15, -0.1) is 0 Å². The summed E-state index contributed by atoms with van der Waals surface area (Å²) < 4.78 is 27.5. The number of benzene rings is 3. The highest BCUT2D eigenvalue weighted by molar-refractivity contribution is 7.92. The van der Waals surface area contributed by atoms with Crippen LogP contribution < -0.4 is 9.62 Å². The van der Waals surface area contributed by atoms with Gasteiger partial charge in [0.15, 0.2) is 0 Å². The number of halogens is 4. The highest BCUT2D eigenvalue weighted by Crippen LogP contribution is 2.30. The fourth-order valence-corrected chi connectivity index (χ4v) is 4.88. The van der Waals surface area contributed by atoms with Crippen LogP contribution in [0.5, 0.6) is 0 Å². The van der Waals surface area contributed by atoms with Crippen LogP contribution in [0.1, 0.15) is 0 Å². The Morgan fingerprint density at radius 1 is 0.833 bits per heavy atom. The van der Waals surface area contributed by atoms with Gasteiger partial charge in [0, 0.05) is 15.7 Å². The van der Waals surface area contributed by atoms with E-state index in [1.807, 2.05) is 0 Å². The monoisotopic (exact) mass is 502 g/mol. The average Bonchev–Trinajstić information content (AvgIpc) is 2.68. The molecule has 0 atom stereocenters. The van der Waals surface area contributed by atoms with Crippen LogP contribution in [0.15, 0.2) is 71.6 Å². The fraction of sp³-hybridized carbons (Fsp3) is 0.0500. The van der Waals surface area contributed by atoms with Crippen molar-refractivity contribution >= 4 is 73.7 Å². The zero-order valence-electron chi connectivity index (χ0n) is 15.2. The van der Waals surface area contributed by atoms with Gasteiger partial charge in [-0.25, -0.2) is 8.42 Å².